The molecule has 0 amide bonds. The molecule has 0 fully saturated rings. The Bertz CT molecular complexity index is 944. The van der Waals surface area contributed by atoms with E-state index in [0.717, 1.165) is 12.1 Å². The van der Waals surface area contributed by atoms with Crippen LogP contribution < -0.4 is 10.1 Å². The molecule has 1 aliphatic heterocycles. The third-order valence-electron chi connectivity index (χ3n) is 6.39. The first-order valence-corrected chi connectivity index (χ1v) is 11.0. The van der Waals surface area contributed by atoms with Crippen LogP contribution in [0.4, 0.5) is 23.2 Å². The van der Waals surface area contributed by atoms with Gasteiger partial charge < -0.3 is 10.1 Å². The van der Waals surface area contributed by atoms with Crippen LogP contribution >= 0.6 is 0 Å². The number of halogens is 4. The number of ether oxygens (including phenoxy) is 1. The molecule has 1 heterocycles. The summed E-state index contributed by atoms with van der Waals surface area (Å²) in [6.45, 7) is 5.01. The second-order valence-corrected chi connectivity index (χ2v) is 8.47. The maximum absolute atomic E-state index is 14.2. The number of hydrogen-bond donors (Lipinski definition) is 1. The van der Waals surface area contributed by atoms with Crippen molar-refractivity contribution in [1.82, 2.24) is 5.32 Å². The zero-order valence-electron chi connectivity index (χ0n) is 18.7. The molecule has 3 nitrogen and oxygen atoms in total. The predicted molar refractivity (Wildman–Crippen MR) is 120 cm³/mol. The number of fused-ring (bicyclic) bond motifs is 1. The number of alkyl halides is 3. The van der Waals surface area contributed by atoms with Crippen LogP contribution in [0.5, 0.6) is 5.75 Å². The van der Waals surface area contributed by atoms with E-state index in [9.17, 15) is 17.6 Å². The van der Waals surface area contributed by atoms with Crippen molar-refractivity contribution in [3.05, 3.63) is 59.4 Å². The number of aliphatic imine (C=N–C) groups is 1. The fourth-order valence-corrected chi connectivity index (χ4v) is 4.60. The van der Waals surface area contributed by atoms with E-state index in [1.807, 2.05) is 32.0 Å². The van der Waals surface area contributed by atoms with Gasteiger partial charge in [0.1, 0.15) is 11.6 Å². The maximum Gasteiger partial charge on any atom is 0.391 e. The Kier molecular flexibility index (Phi) is 7.59. The van der Waals surface area contributed by atoms with Crippen molar-refractivity contribution in [3.63, 3.8) is 0 Å². The Morgan fingerprint density at radius 3 is 2.62 bits per heavy atom. The van der Waals surface area contributed by atoms with Crippen molar-refractivity contribution < 1.29 is 22.3 Å². The van der Waals surface area contributed by atoms with Crippen LogP contribution in [-0.4, -0.2) is 32.6 Å². The van der Waals surface area contributed by atoms with Gasteiger partial charge in [-0.1, -0.05) is 25.1 Å². The first-order chi connectivity index (χ1) is 15.2. The molecule has 0 aliphatic carbocycles. The lowest BCUT2D eigenvalue weighted by molar-refractivity contribution is -0.180. The highest BCUT2D eigenvalue weighted by atomic mass is 19.4. The molecule has 0 saturated heterocycles. The van der Waals surface area contributed by atoms with Gasteiger partial charge in [-0.3, -0.25) is 4.99 Å². The van der Waals surface area contributed by atoms with Gasteiger partial charge in [-0.2, -0.15) is 13.2 Å². The van der Waals surface area contributed by atoms with Crippen LogP contribution in [0, 0.1) is 11.7 Å². The summed E-state index contributed by atoms with van der Waals surface area (Å²) in [7, 11) is 1.47. The lowest BCUT2D eigenvalue weighted by Gasteiger charge is -2.41. The summed E-state index contributed by atoms with van der Waals surface area (Å²) in [5.41, 5.74) is 0.924. The van der Waals surface area contributed by atoms with Gasteiger partial charge in [0.05, 0.1) is 18.7 Å². The molecule has 174 valence electrons. The minimum atomic E-state index is -4.33. The number of hydrogen-bond acceptors (Lipinski definition) is 3. The SMILES string of the molecule is CCNCCCC(CC1c2ccccc2N=CC1(C)c1cc(F)ccc1OC)C(F)(F)F. The Labute approximate surface area is 186 Å². The van der Waals surface area contributed by atoms with Crippen molar-refractivity contribution >= 4 is 11.9 Å². The summed E-state index contributed by atoms with van der Waals surface area (Å²) < 4.78 is 62.0. The first-order valence-electron chi connectivity index (χ1n) is 11.0. The molecule has 32 heavy (non-hydrogen) atoms. The van der Waals surface area contributed by atoms with Crippen molar-refractivity contribution in [2.75, 3.05) is 20.2 Å². The summed E-state index contributed by atoms with van der Waals surface area (Å²) in [6.07, 6.45) is -2.33. The predicted octanol–water partition coefficient (Wildman–Crippen LogP) is 6.55. The molecule has 1 aliphatic rings. The van der Waals surface area contributed by atoms with Crippen LogP contribution in [0.3, 0.4) is 0 Å². The van der Waals surface area contributed by atoms with E-state index in [1.54, 1.807) is 12.3 Å². The molecule has 3 rings (SSSR count). The van der Waals surface area contributed by atoms with Gasteiger partial charge >= 0.3 is 6.18 Å². The van der Waals surface area contributed by atoms with Gasteiger partial charge in [-0.25, -0.2) is 4.39 Å². The van der Waals surface area contributed by atoms with Crippen LogP contribution in [0.15, 0.2) is 47.5 Å². The lowest BCUT2D eigenvalue weighted by atomic mass is 9.64. The van der Waals surface area contributed by atoms with Gasteiger partial charge in [0.25, 0.3) is 0 Å². The van der Waals surface area contributed by atoms with Gasteiger partial charge in [-0.15, -0.1) is 0 Å². The molecule has 7 heteroatoms. The molecule has 0 saturated carbocycles. The standard InChI is InChI=1S/C25H30F4N2O/c1-4-30-13-7-8-17(25(27,28)29)14-20-19-9-5-6-10-22(19)31-16-24(20,2)21-15-18(26)11-12-23(21)32-3/h5-6,9-12,15-17,20,30H,4,7-8,13-14H2,1-3H3. The van der Waals surface area contributed by atoms with E-state index in [1.165, 1.54) is 25.3 Å². The van der Waals surface area contributed by atoms with Crippen LogP contribution in [0.1, 0.15) is 50.2 Å². The van der Waals surface area contributed by atoms with E-state index in [-0.39, 0.29) is 12.8 Å². The average Bonchev–Trinajstić information content (AvgIpc) is 2.76. The van der Waals surface area contributed by atoms with E-state index in [0.29, 0.717) is 30.0 Å². The second kappa shape index (κ2) is 10.0. The van der Waals surface area contributed by atoms with Crippen molar-refractivity contribution in [2.24, 2.45) is 10.9 Å². The molecule has 0 spiro atoms. The molecular formula is C25H30F4N2O. The Hall–Kier alpha value is -2.41. The number of methoxy groups -OCH3 is 1. The summed E-state index contributed by atoms with van der Waals surface area (Å²) in [6, 6.07) is 11.4. The molecule has 3 unspecified atom stereocenters. The number of nitrogens with one attached hydrogen (secondary N) is 1. The highest BCUT2D eigenvalue weighted by molar-refractivity contribution is 5.83. The van der Waals surface area contributed by atoms with Crippen molar-refractivity contribution in [3.8, 4) is 5.75 Å². The molecule has 1 N–H and O–H groups in total. The Morgan fingerprint density at radius 2 is 1.94 bits per heavy atom. The molecule has 0 radical (unpaired) electrons. The maximum atomic E-state index is 14.2. The summed E-state index contributed by atoms with van der Waals surface area (Å²) in [5.74, 6) is -2.06. The van der Waals surface area contributed by atoms with Crippen molar-refractivity contribution in [2.45, 2.75) is 50.6 Å². The molecule has 2 aromatic carbocycles. The summed E-state index contributed by atoms with van der Waals surface area (Å²) in [4.78, 5) is 4.54. The molecule has 3 atom stereocenters. The fraction of sp³-hybridized carbons (Fsp3) is 0.480. The zero-order valence-corrected chi connectivity index (χ0v) is 18.7. The van der Waals surface area contributed by atoms with Gasteiger partial charge in [0.15, 0.2) is 0 Å². The lowest BCUT2D eigenvalue weighted by Crippen LogP contribution is -2.38. The van der Waals surface area contributed by atoms with E-state index in [4.69, 9.17) is 4.74 Å². The van der Waals surface area contributed by atoms with Gasteiger partial charge in [0.2, 0.25) is 0 Å². The molecule has 2 aromatic rings. The number of rotatable bonds is 9. The van der Waals surface area contributed by atoms with Gasteiger partial charge in [-0.05, 0) is 69.1 Å². The third-order valence-corrected chi connectivity index (χ3v) is 6.39. The largest absolute Gasteiger partial charge is 0.496 e. The number of para-hydroxylation sites is 1. The molecule has 0 bridgehead atoms. The van der Waals surface area contributed by atoms with Crippen LogP contribution in [0.2, 0.25) is 0 Å². The van der Waals surface area contributed by atoms with E-state index >= 15 is 0 Å². The molecular weight excluding hydrogens is 420 g/mol. The van der Waals surface area contributed by atoms with Crippen LogP contribution in [0.25, 0.3) is 0 Å². The summed E-state index contributed by atoms with van der Waals surface area (Å²) >= 11 is 0. The van der Waals surface area contributed by atoms with E-state index in [2.05, 4.69) is 10.3 Å². The fourth-order valence-electron chi connectivity index (χ4n) is 4.60. The minimum Gasteiger partial charge on any atom is -0.496 e. The Balaban J connectivity index is 2.05. The normalized spacial score (nSPS) is 21.3. The quantitative estimate of drug-likeness (QED) is 0.347. The smallest absolute Gasteiger partial charge is 0.391 e. The number of nitrogens with zero attached hydrogens (tertiary/aromatic N) is 1. The number of benzene rings is 2. The average molecular weight is 451 g/mol. The third kappa shape index (κ3) is 5.14. The van der Waals surface area contributed by atoms with E-state index < -0.39 is 29.2 Å². The first kappa shape index (κ1) is 24.2. The zero-order chi connectivity index (χ0) is 23.4. The molecule has 0 aromatic heterocycles. The second-order valence-electron chi connectivity index (χ2n) is 8.47. The monoisotopic (exact) mass is 450 g/mol. The topological polar surface area (TPSA) is 33.6 Å². The van der Waals surface area contributed by atoms with Crippen molar-refractivity contribution in [1.29, 1.82) is 0 Å². The minimum absolute atomic E-state index is 0.0304. The Morgan fingerprint density at radius 1 is 1.19 bits per heavy atom. The van der Waals surface area contributed by atoms with Crippen LogP contribution in [-0.2, 0) is 5.41 Å². The summed E-state index contributed by atoms with van der Waals surface area (Å²) in [5, 5.41) is 3.09. The highest BCUT2D eigenvalue weighted by Crippen LogP contribution is 2.52. The highest BCUT2D eigenvalue weighted by Gasteiger charge is 2.47. The van der Waals surface area contributed by atoms with Gasteiger partial charge in [0, 0.05) is 23.1 Å².